The van der Waals surface area contributed by atoms with Crippen molar-refractivity contribution in [3.8, 4) is 0 Å². The Labute approximate surface area is 99.8 Å². The molecule has 3 heteroatoms. The van der Waals surface area contributed by atoms with Crippen LogP contribution in [0.3, 0.4) is 0 Å². The molecule has 0 bridgehead atoms. The van der Waals surface area contributed by atoms with E-state index in [4.69, 9.17) is 5.73 Å². The highest BCUT2D eigenvalue weighted by atomic mass is 15.3. The molecule has 94 valence electrons. The Hall–Kier alpha value is -0.120. The molecule has 0 spiro atoms. The van der Waals surface area contributed by atoms with Crippen molar-refractivity contribution in [2.24, 2.45) is 5.73 Å². The molecule has 0 aliphatic carbocycles. The van der Waals surface area contributed by atoms with E-state index >= 15 is 0 Å². The third kappa shape index (κ3) is 2.13. The van der Waals surface area contributed by atoms with Crippen molar-refractivity contribution in [3.63, 3.8) is 0 Å². The van der Waals surface area contributed by atoms with Crippen LogP contribution in [0, 0.1) is 0 Å². The van der Waals surface area contributed by atoms with Gasteiger partial charge in [-0.15, -0.1) is 0 Å². The molecule has 2 heterocycles. The Kier molecular flexibility index (Phi) is 3.88. The lowest BCUT2D eigenvalue weighted by Gasteiger charge is -2.42. The van der Waals surface area contributed by atoms with E-state index in [2.05, 4.69) is 24.1 Å². The Bertz CT molecular complexity index is 231. The highest BCUT2D eigenvalue weighted by Gasteiger charge is 2.47. The molecule has 0 aromatic rings. The molecular formula is C13H27N3. The lowest BCUT2D eigenvalue weighted by atomic mass is 9.84. The summed E-state index contributed by atoms with van der Waals surface area (Å²) in [5, 5.41) is 3.82. The van der Waals surface area contributed by atoms with E-state index in [9.17, 15) is 0 Å². The Morgan fingerprint density at radius 3 is 2.94 bits per heavy atom. The molecule has 0 radical (unpaired) electrons. The second kappa shape index (κ2) is 5.03. The summed E-state index contributed by atoms with van der Waals surface area (Å²) in [5.41, 5.74) is 6.29. The second-order valence-corrected chi connectivity index (χ2v) is 5.61. The quantitative estimate of drug-likeness (QED) is 0.758. The van der Waals surface area contributed by atoms with E-state index in [0.29, 0.717) is 12.1 Å². The molecule has 3 atom stereocenters. The molecule has 2 aliphatic rings. The zero-order chi connectivity index (χ0) is 11.6. The number of rotatable bonds is 4. The van der Waals surface area contributed by atoms with Crippen molar-refractivity contribution >= 4 is 0 Å². The molecule has 0 aromatic heterocycles. The summed E-state index contributed by atoms with van der Waals surface area (Å²) in [7, 11) is 0. The van der Waals surface area contributed by atoms with Crippen LogP contribution in [-0.4, -0.2) is 42.2 Å². The second-order valence-electron chi connectivity index (χ2n) is 5.61. The average molecular weight is 225 g/mol. The topological polar surface area (TPSA) is 41.3 Å². The standard InChI is InChI=1S/C13H27N3/c1-3-11(2)15-13(10-14)7-9-16-8-5-4-6-12(13)16/h11-12,15H,3-10,14H2,1-2H3. The van der Waals surface area contributed by atoms with Crippen LogP contribution < -0.4 is 11.1 Å². The summed E-state index contributed by atoms with van der Waals surface area (Å²) in [6, 6.07) is 1.28. The van der Waals surface area contributed by atoms with E-state index in [1.165, 1.54) is 45.2 Å². The first-order chi connectivity index (χ1) is 7.72. The van der Waals surface area contributed by atoms with Crippen molar-refractivity contribution in [2.45, 2.75) is 63.6 Å². The van der Waals surface area contributed by atoms with Gasteiger partial charge in [0.25, 0.3) is 0 Å². The Balaban J connectivity index is 2.08. The van der Waals surface area contributed by atoms with Gasteiger partial charge in [0.05, 0.1) is 0 Å². The molecule has 0 aromatic carbocycles. The number of nitrogens with one attached hydrogen (secondary N) is 1. The van der Waals surface area contributed by atoms with Crippen molar-refractivity contribution in [1.82, 2.24) is 10.2 Å². The van der Waals surface area contributed by atoms with Gasteiger partial charge in [0.2, 0.25) is 0 Å². The zero-order valence-electron chi connectivity index (χ0n) is 10.8. The number of fused-ring (bicyclic) bond motifs is 1. The van der Waals surface area contributed by atoms with Crippen LogP contribution in [0.5, 0.6) is 0 Å². The molecule has 3 unspecified atom stereocenters. The van der Waals surface area contributed by atoms with E-state index in [1.54, 1.807) is 0 Å². The number of nitrogens with two attached hydrogens (primary N) is 1. The summed E-state index contributed by atoms with van der Waals surface area (Å²) in [6.07, 6.45) is 6.51. The number of piperidine rings is 1. The van der Waals surface area contributed by atoms with Gasteiger partial charge in [0.15, 0.2) is 0 Å². The fourth-order valence-corrected chi connectivity index (χ4v) is 3.45. The minimum absolute atomic E-state index is 0.204. The number of nitrogens with zero attached hydrogens (tertiary/aromatic N) is 1. The van der Waals surface area contributed by atoms with Crippen molar-refractivity contribution < 1.29 is 0 Å². The normalized spacial score (nSPS) is 37.3. The number of hydrogen-bond donors (Lipinski definition) is 2. The first-order valence-corrected chi connectivity index (χ1v) is 6.93. The van der Waals surface area contributed by atoms with Crippen LogP contribution in [0.1, 0.15) is 46.0 Å². The molecule has 2 rings (SSSR count). The van der Waals surface area contributed by atoms with Gasteiger partial charge in [0, 0.05) is 30.7 Å². The molecule has 16 heavy (non-hydrogen) atoms. The first kappa shape index (κ1) is 12.3. The minimum Gasteiger partial charge on any atom is -0.329 e. The smallest absolute Gasteiger partial charge is 0.0475 e. The highest BCUT2D eigenvalue weighted by Crippen LogP contribution is 2.35. The zero-order valence-corrected chi connectivity index (χ0v) is 10.8. The summed E-state index contributed by atoms with van der Waals surface area (Å²) in [4.78, 5) is 2.66. The van der Waals surface area contributed by atoms with Gasteiger partial charge in [-0.1, -0.05) is 13.3 Å². The molecular weight excluding hydrogens is 198 g/mol. The van der Waals surface area contributed by atoms with Crippen LogP contribution in [0.4, 0.5) is 0 Å². The van der Waals surface area contributed by atoms with Crippen LogP contribution in [-0.2, 0) is 0 Å². The maximum absolute atomic E-state index is 6.09. The van der Waals surface area contributed by atoms with Gasteiger partial charge in [-0.25, -0.2) is 0 Å². The van der Waals surface area contributed by atoms with Crippen LogP contribution in [0.2, 0.25) is 0 Å². The van der Waals surface area contributed by atoms with E-state index in [1.807, 2.05) is 0 Å². The largest absolute Gasteiger partial charge is 0.329 e. The predicted octanol–water partition coefficient (Wildman–Crippen LogP) is 1.33. The third-order valence-electron chi connectivity index (χ3n) is 4.61. The van der Waals surface area contributed by atoms with E-state index in [0.717, 1.165) is 6.54 Å². The molecule has 2 aliphatic heterocycles. The van der Waals surface area contributed by atoms with Gasteiger partial charge < -0.3 is 11.1 Å². The molecule has 3 N–H and O–H groups in total. The summed E-state index contributed by atoms with van der Waals surface area (Å²) in [5.74, 6) is 0. The maximum atomic E-state index is 6.09. The monoisotopic (exact) mass is 225 g/mol. The number of hydrogen-bond acceptors (Lipinski definition) is 3. The fourth-order valence-electron chi connectivity index (χ4n) is 3.45. The summed E-state index contributed by atoms with van der Waals surface area (Å²) < 4.78 is 0. The Morgan fingerprint density at radius 1 is 1.44 bits per heavy atom. The van der Waals surface area contributed by atoms with Crippen molar-refractivity contribution in [1.29, 1.82) is 0 Å². The third-order valence-corrected chi connectivity index (χ3v) is 4.61. The van der Waals surface area contributed by atoms with Gasteiger partial charge in [-0.2, -0.15) is 0 Å². The van der Waals surface area contributed by atoms with Crippen LogP contribution in [0.25, 0.3) is 0 Å². The van der Waals surface area contributed by atoms with Gasteiger partial charge in [-0.05, 0) is 39.2 Å². The van der Waals surface area contributed by atoms with Crippen LogP contribution in [0.15, 0.2) is 0 Å². The lowest BCUT2D eigenvalue weighted by Crippen LogP contribution is -2.62. The minimum atomic E-state index is 0.204. The van der Waals surface area contributed by atoms with Gasteiger partial charge in [-0.3, -0.25) is 4.90 Å². The first-order valence-electron chi connectivity index (χ1n) is 6.93. The summed E-state index contributed by atoms with van der Waals surface area (Å²) >= 11 is 0. The fraction of sp³-hybridized carbons (Fsp3) is 1.00. The average Bonchev–Trinajstić information content (AvgIpc) is 2.69. The van der Waals surface area contributed by atoms with Crippen molar-refractivity contribution in [3.05, 3.63) is 0 Å². The van der Waals surface area contributed by atoms with Gasteiger partial charge >= 0.3 is 0 Å². The van der Waals surface area contributed by atoms with Crippen molar-refractivity contribution in [2.75, 3.05) is 19.6 Å². The molecule has 2 saturated heterocycles. The summed E-state index contributed by atoms with van der Waals surface area (Å²) in [6.45, 7) is 7.84. The maximum Gasteiger partial charge on any atom is 0.0475 e. The SMILES string of the molecule is CCC(C)NC1(CN)CCN2CCCCC21. The lowest BCUT2D eigenvalue weighted by molar-refractivity contribution is 0.133. The highest BCUT2D eigenvalue weighted by molar-refractivity contribution is 5.08. The molecule has 2 fully saturated rings. The van der Waals surface area contributed by atoms with E-state index in [-0.39, 0.29) is 5.54 Å². The van der Waals surface area contributed by atoms with E-state index < -0.39 is 0 Å². The van der Waals surface area contributed by atoms with Crippen LogP contribution >= 0.6 is 0 Å². The molecule has 3 nitrogen and oxygen atoms in total. The molecule has 0 amide bonds. The Morgan fingerprint density at radius 2 is 2.25 bits per heavy atom. The molecule has 0 saturated carbocycles. The van der Waals surface area contributed by atoms with Gasteiger partial charge in [0.1, 0.15) is 0 Å². The predicted molar refractivity (Wildman–Crippen MR) is 68.5 cm³/mol.